The summed E-state index contributed by atoms with van der Waals surface area (Å²) >= 11 is 6.18. The first-order valence-corrected chi connectivity index (χ1v) is 14.5. The lowest BCUT2D eigenvalue weighted by molar-refractivity contribution is -0.138. The maximum Gasteiger partial charge on any atom is 0.390 e. The average Bonchev–Trinajstić information content (AvgIpc) is 2.97. The maximum atomic E-state index is 15.0. The van der Waals surface area contributed by atoms with E-state index in [1.54, 1.807) is 11.0 Å². The fourth-order valence-corrected chi connectivity index (χ4v) is 5.35. The number of rotatable bonds is 10. The number of nitrogens with zero attached hydrogens (tertiary/aromatic N) is 3. The first kappa shape index (κ1) is 32.0. The van der Waals surface area contributed by atoms with E-state index in [2.05, 4.69) is 15.5 Å². The van der Waals surface area contributed by atoms with Gasteiger partial charge in [0.1, 0.15) is 0 Å². The van der Waals surface area contributed by atoms with E-state index in [0.717, 1.165) is 32.0 Å². The van der Waals surface area contributed by atoms with Gasteiger partial charge < -0.3 is 20.4 Å². The standard InChI is InChI=1S/C29H35ClF5N5O2/c30-21-5-7-23(24(18-21)40-16-14-39(15-17-40)13-9-29(33,34)35)37-28(42)22-6-4-20(26(31)27(22)32)19-36-25(41)8-12-38-10-2-1-3-11-38/h4-7,18H,1-3,8-17,19H2,(H,36,41)(H,37,42). The van der Waals surface area contributed by atoms with Crippen LogP contribution in [0, 0.1) is 11.6 Å². The second kappa shape index (κ2) is 14.5. The second-order valence-corrected chi connectivity index (χ2v) is 11.1. The lowest BCUT2D eigenvalue weighted by atomic mass is 10.1. The van der Waals surface area contributed by atoms with Crippen molar-refractivity contribution < 1.29 is 31.5 Å². The fourth-order valence-electron chi connectivity index (χ4n) is 5.19. The number of halogens is 6. The smallest absolute Gasteiger partial charge is 0.367 e. The average molecular weight is 616 g/mol. The van der Waals surface area contributed by atoms with Gasteiger partial charge >= 0.3 is 6.18 Å². The summed E-state index contributed by atoms with van der Waals surface area (Å²) in [5.41, 5.74) is 0.241. The molecule has 230 valence electrons. The van der Waals surface area contributed by atoms with E-state index in [0.29, 0.717) is 49.1 Å². The van der Waals surface area contributed by atoms with E-state index < -0.39 is 35.7 Å². The number of carbonyl (C=O) groups is 2. The molecule has 2 aliphatic rings. The zero-order valence-electron chi connectivity index (χ0n) is 23.2. The summed E-state index contributed by atoms with van der Waals surface area (Å²) in [6, 6.07) is 7.11. The van der Waals surface area contributed by atoms with Crippen molar-refractivity contribution in [1.82, 2.24) is 15.1 Å². The predicted octanol–water partition coefficient (Wildman–Crippen LogP) is 5.44. The van der Waals surface area contributed by atoms with E-state index in [-0.39, 0.29) is 31.0 Å². The van der Waals surface area contributed by atoms with Crippen LogP contribution in [0.25, 0.3) is 0 Å². The molecular formula is C29H35ClF5N5O2. The fraction of sp³-hybridized carbons (Fsp3) is 0.517. The zero-order valence-corrected chi connectivity index (χ0v) is 24.0. The Bertz CT molecular complexity index is 1250. The summed E-state index contributed by atoms with van der Waals surface area (Å²) in [5.74, 6) is -3.69. The number of anilines is 2. The van der Waals surface area contributed by atoms with Crippen LogP contribution in [0.3, 0.4) is 0 Å². The molecule has 0 unspecified atom stereocenters. The molecule has 0 spiro atoms. The largest absolute Gasteiger partial charge is 0.390 e. The number of hydrogen-bond donors (Lipinski definition) is 2. The van der Waals surface area contributed by atoms with E-state index in [1.165, 1.54) is 24.6 Å². The maximum absolute atomic E-state index is 15.0. The lowest BCUT2D eigenvalue weighted by Crippen LogP contribution is -2.47. The molecule has 2 saturated heterocycles. The minimum absolute atomic E-state index is 0.0778. The quantitative estimate of drug-likeness (QED) is 0.349. The first-order chi connectivity index (χ1) is 20.0. The number of piperidine rings is 1. The van der Waals surface area contributed by atoms with Crippen LogP contribution in [0.2, 0.25) is 5.02 Å². The molecule has 0 saturated carbocycles. The molecule has 2 fully saturated rings. The Hall–Kier alpha value is -2.96. The van der Waals surface area contributed by atoms with Crippen molar-refractivity contribution in [3.63, 3.8) is 0 Å². The molecule has 0 atom stereocenters. The normalized spacial score (nSPS) is 16.9. The molecule has 0 aliphatic carbocycles. The highest BCUT2D eigenvalue weighted by molar-refractivity contribution is 6.31. The van der Waals surface area contributed by atoms with Crippen LogP contribution in [0.1, 0.15) is 48.0 Å². The van der Waals surface area contributed by atoms with Crippen molar-refractivity contribution in [2.24, 2.45) is 0 Å². The monoisotopic (exact) mass is 615 g/mol. The van der Waals surface area contributed by atoms with Crippen molar-refractivity contribution in [2.75, 3.05) is 62.6 Å². The van der Waals surface area contributed by atoms with Crippen LogP contribution < -0.4 is 15.5 Å². The summed E-state index contributed by atoms with van der Waals surface area (Å²) in [4.78, 5) is 31.0. The third-order valence-electron chi connectivity index (χ3n) is 7.62. The van der Waals surface area contributed by atoms with Crippen LogP contribution in [0.4, 0.5) is 33.3 Å². The van der Waals surface area contributed by atoms with Gasteiger partial charge in [0, 0.05) is 62.8 Å². The summed E-state index contributed by atoms with van der Waals surface area (Å²) in [6.45, 7) is 3.76. The van der Waals surface area contributed by atoms with Crippen molar-refractivity contribution in [3.05, 3.63) is 58.1 Å². The molecule has 2 amide bonds. The second-order valence-electron chi connectivity index (χ2n) is 10.6. The number of amides is 2. The Morgan fingerprint density at radius 1 is 0.857 bits per heavy atom. The number of nitrogens with one attached hydrogen (secondary N) is 2. The Labute approximate surface area is 247 Å². The minimum atomic E-state index is -4.23. The Morgan fingerprint density at radius 2 is 1.55 bits per heavy atom. The molecule has 2 heterocycles. The Balaban J connectivity index is 1.35. The Morgan fingerprint density at radius 3 is 2.24 bits per heavy atom. The van der Waals surface area contributed by atoms with Gasteiger partial charge in [-0.2, -0.15) is 13.2 Å². The van der Waals surface area contributed by atoms with E-state index in [4.69, 9.17) is 11.6 Å². The van der Waals surface area contributed by atoms with Gasteiger partial charge in [0.25, 0.3) is 5.91 Å². The molecule has 2 aromatic carbocycles. The first-order valence-electron chi connectivity index (χ1n) is 14.1. The van der Waals surface area contributed by atoms with Gasteiger partial charge in [0.15, 0.2) is 11.6 Å². The van der Waals surface area contributed by atoms with Gasteiger partial charge in [-0.3, -0.25) is 14.5 Å². The number of hydrogen-bond acceptors (Lipinski definition) is 5. The Kier molecular flexibility index (Phi) is 11.0. The lowest BCUT2D eigenvalue weighted by Gasteiger charge is -2.37. The van der Waals surface area contributed by atoms with Crippen LogP contribution in [-0.4, -0.2) is 80.1 Å². The molecule has 4 rings (SSSR count). The number of piperazine rings is 1. The summed E-state index contributed by atoms with van der Waals surface area (Å²) in [6.07, 6.45) is -1.45. The molecule has 42 heavy (non-hydrogen) atoms. The van der Waals surface area contributed by atoms with E-state index in [1.807, 2.05) is 4.90 Å². The van der Waals surface area contributed by atoms with Crippen molar-refractivity contribution in [3.8, 4) is 0 Å². The van der Waals surface area contributed by atoms with Gasteiger partial charge in [0.05, 0.1) is 23.4 Å². The van der Waals surface area contributed by atoms with Crippen molar-refractivity contribution in [1.29, 1.82) is 0 Å². The highest BCUT2D eigenvalue weighted by atomic mass is 35.5. The van der Waals surface area contributed by atoms with Crippen LogP contribution in [0.5, 0.6) is 0 Å². The molecule has 13 heteroatoms. The van der Waals surface area contributed by atoms with Gasteiger partial charge in [-0.15, -0.1) is 0 Å². The van der Waals surface area contributed by atoms with Gasteiger partial charge in [0.2, 0.25) is 5.91 Å². The number of carbonyl (C=O) groups excluding carboxylic acids is 2. The molecular weight excluding hydrogens is 581 g/mol. The molecule has 2 N–H and O–H groups in total. The predicted molar refractivity (Wildman–Crippen MR) is 152 cm³/mol. The van der Waals surface area contributed by atoms with Gasteiger partial charge in [-0.05, 0) is 50.2 Å². The highest BCUT2D eigenvalue weighted by Gasteiger charge is 2.29. The summed E-state index contributed by atoms with van der Waals surface area (Å²) in [5, 5.41) is 5.60. The molecule has 0 bridgehead atoms. The molecule has 0 aromatic heterocycles. The summed E-state index contributed by atoms with van der Waals surface area (Å²) < 4.78 is 67.6. The van der Waals surface area contributed by atoms with Gasteiger partial charge in [-0.1, -0.05) is 24.1 Å². The van der Waals surface area contributed by atoms with E-state index >= 15 is 0 Å². The molecule has 2 aliphatic heterocycles. The SMILES string of the molecule is O=C(CCN1CCCCC1)NCc1ccc(C(=O)Nc2ccc(Cl)cc2N2CCN(CCC(F)(F)F)CC2)c(F)c1F. The third kappa shape index (κ3) is 9.02. The molecule has 2 aromatic rings. The zero-order chi connectivity index (χ0) is 30.3. The number of benzene rings is 2. The topological polar surface area (TPSA) is 67.9 Å². The van der Waals surface area contributed by atoms with E-state index in [9.17, 15) is 31.5 Å². The van der Waals surface area contributed by atoms with Crippen molar-refractivity contribution >= 4 is 34.8 Å². The van der Waals surface area contributed by atoms with Crippen LogP contribution in [-0.2, 0) is 11.3 Å². The van der Waals surface area contributed by atoms with Crippen molar-refractivity contribution in [2.45, 2.75) is 44.8 Å². The minimum Gasteiger partial charge on any atom is -0.367 e. The van der Waals surface area contributed by atoms with Crippen LogP contribution in [0.15, 0.2) is 30.3 Å². The summed E-state index contributed by atoms with van der Waals surface area (Å²) in [7, 11) is 0. The van der Waals surface area contributed by atoms with Crippen LogP contribution >= 0.6 is 11.6 Å². The molecule has 0 radical (unpaired) electrons. The molecule has 7 nitrogen and oxygen atoms in total. The number of alkyl halides is 3. The third-order valence-corrected chi connectivity index (χ3v) is 7.85. The van der Waals surface area contributed by atoms with Gasteiger partial charge in [-0.25, -0.2) is 8.78 Å². The number of likely N-dealkylation sites (tertiary alicyclic amines) is 1. The highest BCUT2D eigenvalue weighted by Crippen LogP contribution is 2.31.